The van der Waals surface area contributed by atoms with Crippen LogP contribution in [0.4, 0.5) is 0 Å². The maximum Gasteiger partial charge on any atom is 0.268 e. The molecule has 0 aliphatic heterocycles. The van der Waals surface area contributed by atoms with Gasteiger partial charge in [-0.25, -0.2) is 5.84 Å². The van der Waals surface area contributed by atoms with Crippen LogP contribution in [0.2, 0.25) is 0 Å². The van der Waals surface area contributed by atoms with E-state index >= 15 is 0 Å². The van der Waals surface area contributed by atoms with Crippen LogP contribution < -0.4 is 11.3 Å². The number of carbonyl (C=O) groups is 1. The molecular weight excluding hydrogens is 254 g/mol. The first-order chi connectivity index (χ1) is 9.69. The molecule has 0 saturated heterocycles. The maximum atomic E-state index is 11.3. The summed E-state index contributed by atoms with van der Waals surface area (Å²) in [6.07, 6.45) is 2.40. The van der Waals surface area contributed by atoms with Gasteiger partial charge in [0.1, 0.15) is 12.0 Å². The molecule has 0 fully saturated rings. The van der Waals surface area contributed by atoms with Crippen molar-refractivity contribution in [3.8, 4) is 0 Å². The highest BCUT2D eigenvalue weighted by molar-refractivity contribution is 5.93. The molecule has 0 atom stereocenters. The number of rotatable bonds is 6. The maximum absolute atomic E-state index is 11.3. The average Bonchev–Trinajstić information content (AvgIpc) is 2.94. The summed E-state index contributed by atoms with van der Waals surface area (Å²) in [4.78, 5) is 13.5. The van der Waals surface area contributed by atoms with E-state index in [0.29, 0.717) is 12.1 Å². The van der Waals surface area contributed by atoms with E-state index in [4.69, 9.17) is 10.3 Å². The number of hydrazine groups is 1. The van der Waals surface area contributed by atoms with Crippen LogP contribution in [-0.4, -0.2) is 24.4 Å². The summed E-state index contributed by atoms with van der Waals surface area (Å²) in [5, 5.41) is 0. The van der Waals surface area contributed by atoms with Gasteiger partial charge in [-0.2, -0.15) is 0 Å². The number of furan rings is 1. The van der Waals surface area contributed by atoms with Crippen LogP contribution in [0.3, 0.4) is 0 Å². The van der Waals surface area contributed by atoms with Gasteiger partial charge in [-0.3, -0.25) is 15.1 Å². The fraction of sp³-hybridized carbons (Fsp3) is 0.267. The van der Waals surface area contributed by atoms with Crippen molar-refractivity contribution in [3.05, 3.63) is 59.5 Å². The number of nitrogens with one attached hydrogen (secondary N) is 1. The first-order valence-corrected chi connectivity index (χ1v) is 6.50. The summed E-state index contributed by atoms with van der Waals surface area (Å²) in [6, 6.07) is 12.0. The Balaban J connectivity index is 1.83. The van der Waals surface area contributed by atoms with Crippen molar-refractivity contribution in [1.29, 1.82) is 0 Å². The molecule has 1 amide bonds. The number of hydrogen-bond donors (Lipinski definition) is 2. The minimum absolute atomic E-state index is 0.341. The van der Waals surface area contributed by atoms with Crippen molar-refractivity contribution >= 4 is 5.91 Å². The number of nitrogens with two attached hydrogens (primary N) is 1. The molecule has 0 bridgehead atoms. The largest absolute Gasteiger partial charge is 0.467 e. The van der Waals surface area contributed by atoms with E-state index in [9.17, 15) is 4.79 Å². The highest BCUT2D eigenvalue weighted by Crippen LogP contribution is 2.10. The number of benzene rings is 1. The number of likely N-dealkylation sites (N-methyl/N-ethyl adjacent to an activating group) is 1. The first-order valence-electron chi connectivity index (χ1n) is 6.50. The van der Waals surface area contributed by atoms with Crippen LogP contribution in [0.15, 0.2) is 47.1 Å². The Morgan fingerprint density at radius 1 is 1.35 bits per heavy atom. The summed E-state index contributed by atoms with van der Waals surface area (Å²) in [6.45, 7) is 1.58. The second kappa shape index (κ2) is 6.88. The van der Waals surface area contributed by atoms with Gasteiger partial charge < -0.3 is 4.42 Å². The van der Waals surface area contributed by atoms with E-state index in [2.05, 4.69) is 22.5 Å². The van der Waals surface area contributed by atoms with E-state index in [1.807, 2.05) is 25.2 Å². The topological polar surface area (TPSA) is 71.5 Å². The van der Waals surface area contributed by atoms with E-state index in [1.165, 1.54) is 11.8 Å². The van der Waals surface area contributed by atoms with Crippen molar-refractivity contribution in [1.82, 2.24) is 10.3 Å². The van der Waals surface area contributed by atoms with E-state index < -0.39 is 0 Å². The second-order valence-electron chi connectivity index (χ2n) is 4.75. The Hall–Kier alpha value is -2.11. The minimum Gasteiger partial charge on any atom is -0.467 e. The van der Waals surface area contributed by atoms with Crippen molar-refractivity contribution in [3.63, 3.8) is 0 Å². The summed E-state index contributed by atoms with van der Waals surface area (Å²) in [5.74, 6) is 5.48. The molecule has 1 aromatic carbocycles. The van der Waals surface area contributed by atoms with Crippen LogP contribution >= 0.6 is 0 Å². The molecule has 0 unspecified atom stereocenters. The average molecular weight is 273 g/mol. The smallest absolute Gasteiger partial charge is 0.268 e. The third-order valence-electron chi connectivity index (χ3n) is 3.10. The molecule has 2 aromatic rings. The van der Waals surface area contributed by atoms with Crippen LogP contribution in [0, 0.1) is 0 Å². The number of carbonyl (C=O) groups excluding carboxylic acids is 1. The predicted octanol–water partition coefficient (Wildman–Crippen LogP) is 1.56. The Kier molecular flexibility index (Phi) is 4.92. The molecule has 0 spiro atoms. The molecule has 2 rings (SSSR count). The van der Waals surface area contributed by atoms with Crippen LogP contribution in [0.1, 0.15) is 21.7 Å². The SMILES string of the molecule is CN(CCc1ccccc1)Cc1cc(C(=O)NN)co1. The molecule has 5 nitrogen and oxygen atoms in total. The van der Waals surface area contributed by atoms with Crippen LogP contribution in [0.25, 0.3) is 0 Å². The summed E-state index contributed by atoms with van der Waals surface area (Å²) < 4.78 is 5.35. The number of nitrogens with zero attached hydrogens (tertiary/aromatic N) is 1. The Labute approximate surface area is 118 Å². The molecular formula is C15H19N3O2. The highest BCUT2D eigenvalue weighted by Gasteiger charge is 2.10. The third-order valence-corrected chi connectivity index (χ3v) is 3.10. The summed E-state index contributed by atoms with van der Waals surface area (Å²) >= 11 is 0. The van der Waals surface area contributed by atoms with Crippen LogP contribution in [-0.2, 0) is 13.0 Å². The van der Waals surface area contributed by atoms with Crippen molar-refractivity contribution in [2.24, 2.45) is 5.84 Å². The third kappa shape index (κ3) is 3.94. The molecule has 0 radical (unpaired) electrons. The molecule has 0 saturated carbocycles. The van der Waals surface area contributed by atoms with Gasteiger partial charge in [-0.1, -0.05) is 30.3 Å². The number of hydrogen-bond acceptors (Lipinski definition) is 4. The Morgan fingerprint density at radius 2 is 2.10 bits per heavy atom. The minimum atomic E-state index is -0.341. The van der Waals surface area contributed by atoms with Crippen LogP contribution in [0.5, 0.6) is 0 Å². The van der Waals surface area contributed by atoms with Gasteiger partial charge in [0, 0.05) is 6.54 Å². The highest BCUT2D eigenvalue weighted by atomic mass is 16.3. The molecule has 106 valence electrons. The monoisotopic (exact) mass is 273 g/mol. The van der Waals surface area contributed by atoms with E-state index in [-0.39, 0.29) is 5.91 Å². The molecule has 0 aliphatic rings. The predicted molar refractivity (Wildman–Crippen MR) is 76.8 cm³/mol. The Morgan fingerprint density at radius 3 is 2.80 bits per heavy atom. The van der Waals surface area contributed by atoms with Crippen molar-refractivity contribution in [2.75, 3.05) is 13.6 Å². The van der Waals surface area contributed by atoms with E-state index in [1.54, 1.807) is 6.07 Å². The van der Waals surface area contributed by atoms with Gasteiger partial charge in [-0.05, 0) is 25.1 Å². The molecule has 1 heterocycles. The van der Waals surface area contributed by atoms with Gasteiger partial charge in [0.05, 0.1) is 12.1 Å². The van der Waals surface area contributed by atoms with Gasteiger partial charge in [0.2, 0.25) is 0 Å². The first kappa shape index (κ1) is 14.3. The molecule has 1 aromatic heterocycles. The fourth-order valence-electron chi connectivity index (χ4n) is 1.98. The lowest BCUT2D eigenvalue weighted by Crippen LogP contribution is -2.29. The lowest BCUT2D eigenvalue weighted by molar-refractivity contribution is 0.0953. The fourth-order valence-corrected chi connectivity index (χ4v) is 1.98. The quantitative estimate of drug-likeness (QED) is 0.476. The van der Waals surface area contributed by atoms with E-state index in [0.717, 1.165) is 18.7 Å². The summed E-state index contributed by atoms with van der Waals surface area (Å²) in [7, 11) is 2.02. The lowest BCUT2D eigenvalue weighted by Gasteiger charge is -2.14. The van der Waals surface area contributed by atoms with Crippen molar-refractivity contribution < 1.29 is 9.21 Å². The standard InChI is InChI=1S/C15H19N3O2/c1-18(8-7-12-5-3-2-4-6-12)10-14-9-13(11-20-14)15(19)17-16/h2-6,9,11H,7-8,10,16H2,1H3,(H,17,19). The molecule has 3 N–H and O–H groups in total. The summed E-state index contributed by atoms with van der Waals surface area (Å²) in [5.41, 5.74) is 3.83. The van der Waals surface area contributed by atoms with Crippen molar-refractivity contribution in [2.45, 2.75) is 13.0 Å². The molecule has 5 heteroatoms. The second-order valence-corrected chi connectivity index (χ2v) is 4.75. The van der Waals surface area contributed by atoms with Gasteiger partial charge in [0.15, 0.2) is 0 Å². The molecule has 0 aliphatic carbocycles. The Bertz CT molecular complexity index is 551. The van der Waals surface area contributed by atoms with Gasteiger partial charge in [-0.15, -0.1) is 0 Å². The zero-order valence-corrected chi connectivity index (χ0v) is 11.5. The number of amides is 1. The normalized spacial score (nSPS) is 10.8. The zero-order chi connectivity index (χ0) is 14.4. The van der Waals surface area contributed by atoms with Gasteiger partial charge >= 0.3 is 0 Å². The molecule has 20 heavy (non-hydrogen) atoms. The van der Waals surface area contributed by atoms with Gasteiger partial charge in [0.25, 0.3) is 5.91 Å². The zero-order valence-electron chi connectivity index (χ0n) is 11.5. The number of nitrogen functional groups attached to an aromatic ring is 1. The lowest BCUT2D eigenvalue weighted by atomic mass is 10.1.